The predicted octanol–water partition coefficient (Wildman–Crippen LogP) is 4.47. The van der Waals surface area contributed by atoms with Gasteiger partial charge in [-0.3, -0.25) is 14.5 Å². The Morgan fingerprint density at radius 1 is 0.971 bits per heavy atom. The number of hydrogen-bond donors (Lipinski definition) is 0. The minimum atomic E-state index is -0.271. The van der Waals surface area contributed by atoms with Crippen LogP contribution in [0.4, 0.5) is 4.39 Å². The molecule has 1 aromatic heterocycles. The Labute approximate surface area is 207 Å². The van der Waals surface area contributed by atoms with E-state index in [1.807, 2.05) is 11.0 Å². The van der Waals surface area contributed by atoms with Crippen molar-refractivity contribution in [1.82, 2.24) is 14.7 Å². The summed E-state index contributed by atoms with van der Waals surface area (Å²) in [6.07, 6.45) is 0.884. The molecular formula is C26H25ClFN3O2S. The van der Waals surface area contributed by atoms with E-state index in [1.54, 1.807) is 52.6 Å². The van der Waals surface area contributed by atoms with Gasteiger partial charge >= 0.3 is 0 Å². The van der Waals surface area contributed by atoms with Crippen molar-refractivity contribution >= 4 is 34.8 Å². The molecule has 3 aromatic rings. The average Bonchev–Trinajstić information content (AvgIpc) is 3.33. The maximum Gasteiger partial charge on any atom is 0.253 e. The van der Waals surface area contributed by atoms with Crippen LogP contribution in [0.3, 0.4) is 0 Å². The minimum absolute atomic E-state index is 0.0404. The molecule has 0 radical (unpaired) electrons. The van der Waals surface area contributed by atoms with Crippen molar-refractivity contribution in [1.29, 1.82) is 0 Å². The summed E-state index contributed by atoms with van der Waals surface area (Å²) in [5.41, 5.74) is 2.63. The van der Waals surface area contributed by atoms with Crippen LogP contribution in [-0.4, -0.2) is 65.8 Å². The first-order valence-electron chi connectivity index (χ1n) is 11.4. The van der Waals surface area contributed by atoms with Crippen LogP contribution < -0.4 is 0 Å². The molecule has 1 fully saturated rings. The number of nitrogens with zero attached hydrogens (tertiary/aromatic N) is 3. The van der Waals surface area contributed by atoms with E-state index in [2.05, 4.69) is 16.3 Å². The molecule has 176 valence electrons. The van der Waals surface area contributed by atoms with E-state index in [1.165, 1.54) is 10.9 Å². The Kier molecular flexibility index (Phi) is 6.68. The van der Waals surface area contributed by atoms with Gasteiger partial charge in [-0.05, 0) is 65.4 Å². The fourth-order valence-electron chi connectivity index (χ4n) is 4.81. The van der Waals surface area contributed by atoms with Crippen LogP contribution in [0.1, 0.15) is 32.4 Å². The van der Waals surface area contributed by atoms with Crippen molar-refractivity contribution in [3.8, 4) is 0 Å². The number of benzene rings is 2. The quantitative estimate of drug-likeness (QED) is 0.534. The summed E-state index contributed by atoms with van der Waals surface area (Å²) in [7, 11) is 0. The monoisotopic (exact) mass is 497 g/mol. The molecule has 2 amide bonds. The predicted molar refractivity (Wildman–Crippen MR) is 132 cm³/mol. The molecule has 3 heterocycles. The number of amides is 2. The summed E-state index contributed by atoms with van der Waals surface area (Å²) in [4.78, 5) is 33.1. The van der Waals surface area contributed by atoms with E-state index in [-0.39, 0.29) is 30.2 Å². The molecule has 5 rings (SSSR count). The van der Waals surface area contributed by atoms with Gasteiger partial charge < -0.3 is 9.80 Å². The van der Waals surface area contributed by atoms with Gasteiger partial charge in [-0.25, -0.2) is 4.39 Å². The Morgan fingerprint density at radius 2 is 1.71 bits per heavy atom. The highest BCUT2D eigenvalue weighted by Crippen LogP contribution is 2.37. The molecule has 2 aliphatic heterocycles. The van der Waals surface area contributed by atoms with Crippen molar-refractivity contribution in [2.24, 2.45) is 0 Å². The van der Waals surface area contributed by atoms with Crippen molar-refractivity contribution in [2.75, 3.05) is 39.3 Å². The Balaban J connectivity index is 1.25. The van der Waals surface area contributed by atoms with E-state index in [4.69, 9.17) is 11.6 Å². The van der Waals surface area contributed by atoms with Gasteiger partial charge in [-0.1, -0.05) is 23.7 Å². The molecule has 0 bridgehead atoms. The largest absolute Gasteiger partial charge is 0.338 e. The molecule has 2 aromatic carbocycles. The van der Waals surface area contributed by atoms with Crippen molar-refractivity contribution in [3.05, 3.63) is 92.4 Å². The number of hydrogen-bond acceptors (Lipinski definition) is 4. The first-order chi connectivity index (χ1) is 16.5. The lowest BCUT2D eigenvalue weighted by Gasteiger charge is -2.39. The van der Waals surface area contributed by atoms with Crippen molar-refractivity contribution < 1.29 is 14.0 Å². The average molecular weight is 498 g/mol. The number of rotatable bonds is 4. The van der Waals surface area contributed by atoms with Gasteiger partial charge in [0.25, 0.3) is 5.91 Å². The summed E-state index contributed by atoms with van der Waals surface area (Å²) in [5.74, 6) is -0.276. The van der Waals surface area contributed by atoms with Gasteiger partial charge in [-0.15, -0.1) is 11.3 Å². The van der Waals surface area contributed by atoms with E-state index >= 15 is 0 Å². The summed E-state index contributed by atoms with van der Waals surface area (Å²) in [5, 5.41) is 2.66. The first kappa shape index (κ1) is 23.0. The molecule has 0 spiro atoms. The molecule has 1 atom stereocenters. The summed E-state index contributed by atoms with van der Waals surface area (Å²) >= 11 is 7.64. The molecule has 0 saturated carbocycles. The lowest BCUT2D eigenvalue weighted by molar-refractivity contribution is -0.134. The molecular weight excluding hydrogens is 473 g/mol. The fraction of sp³-hybridized carbons (Fsp3) is 0.308. The van der Waals surface area contributed by atoms with Crippen LogP contribution in [-0.2, 0) is 11.2 Å². The highest BCUT2D eigenvalue weighted by Gasteiger charge is 2.33. The third-order valence-electron chi connectivity index (χ3n) is 6.58. The normalized spacial score (nSPS) is 18.6. The summed E-state index contributed by atoms with van der Waals surface area (Å²) < 4.78 is 14.0. The number of carbonyl (C=O) groups excluding carboxylic acids is 2. The highest BCUT2D eigenvalue weighted by molar-refractivity contribution is 7.10. The third-order valence-corrected chi connectivity index (χ3v) is 7.83. The molecule has 1 saturated heterocycles. The topological polar surface area (TPSA) is 43.9 Å². The van der Waals surface area contributed by atoms with Crippen LogP contribution in [0, 0.1) is 5.82 Å². The zero-order valence-electron chi connectivity index (χ0n) is 18.6. The molecule has 0 aliphatic carbocycles. The molecule has 5 nitrogen and oxygen atoms in total. The van der Waals surface area contributed by atoms with Crippen LogP contribution >= 0.6 is 22.9 Å². The van der Waals surface area contributed by atoms with Gasteiger partial charge in [0.1, 0.15) is 5.82 Å². The minimum Gasteiger partial charge on any atom is -0.338 e. The maximum absolute atomic E-state index is 14.0. The number of halogens is 2. The Hall–Kier alpha value is -2.74. The van der Waals surface area contributed by atoms with Crippen LogP contribution in [0.5, 0.6) is 0 Å². The lowest BCUT2D eigenvalue weighted by atomic mass is 9.93. The second-order valence-corrected chi connectivity index (χ2v) is 10.1. The van der Waals surface area contributed by atoms with Crippen molar-refractivity contribution in [2.45, 2.75) is 12.5 Å². The number of piperazine rings is 1. The van der Waals surface area contributed by atoms with E-state index < -0.39 is 0 Å². The molecule has 2 aliphatic rings. The second-order valence-electron chi connectivity index (χ2n) is 8.66. The zero-order valence-corrected chi connectivity index (χ0v) is 20.2. The SMILES string of the molecule is O=C(CN1CCc2sccc2[C@@H]1c1cccc(F)c1)N1CCN(C(=O)c2ccc(Cl)cc2)CC1. The van der Waals surface area contributed by atoms with Gasteiger partial charge in [0.2, 0.25) is 5.91 Å². The Bertz CT molecular complexity index is 1190. The van der Waals surface area contributed by atoms with Gasteiger partial charge in [0.15, 0.2) is 0 Å². The molecule has 8 heteroatoms. The molecule has 34 heavy (non-hydrogen) atoms. The third kappa shape index (κ3) is 4.73. The van der Waals surface area contributed by atoms with Crippen LogP contribution in [0.15, 0.2) is 60.0 Å². The molecule has 0 N–H and O–H groups in total. The summed E-state index contributed by atoms with van der Waals surface area (Å²) in [6.45, 7) is 3.00. The van der Waals surface area contributed by atoms with Crippen LogP contribution in [0.2, 0.25) is 5.02 Å². The Morgan fingerprint density at radius 3 is 2.44 bits per heavy atom. The lowest BCUT2D eigenvalue weighted by Crippen LogP contribution is -2.53. The van der Waals surface area contributed by atoms with Gasteiger partial charge in [0, 0.05) is 48.2 Å². The van der Waals surface area contributed by atoms with Gasteiger partial charge in [-0.2, -0.15) is 0 Å². The maximum atomic E-state index is 14.0. The number of thiophene rings is 1. The summed E-state index contributed by atoms with van der Waals surface area (Å²) in [6, 6.07) is 15.5. The smallest absolute Gasteiger partial charge is 0.253 e. The second kappa shape index (κ2) is 9.86. The number of fused-ring (bicyclic) bond motifs is 1. The first-order valence-corrected chi connectivity index (χ1v) is 12.6. The van der Waals surface area contributed by atoms with Gasteiger partial charge in [0.05, 0.1) is 12.6 Å². The van der Waals surface area contributed by atoms with E-state index in [0.717, 1.165) is 24.1 Å². The number of carbonyl (C=O) groups is 2. The van der Waals surface area contributed by atoms with E-state index in [0.29, 0.717) is 36.8 Å². The zero-order chi connectivity index (χ0) is 23.7. The molecule has 0 unspecified atom stereocenters. The fourth-order valence-corrected chi connectivity index (χ4v) is 5.84. The van der Waals surface area contributed by atoms with Crippen molar-refractivity contribution in [3.63, 3.8) is 0 Å². The highest BCUT2D eigenvalue weighted by atomic mass is 35.5. The standard InChI is InChI=1S/C26H25ClFN3O2S/c27-20-6-4-18(5-7-20)26(33)30-13-11-29(12-14-30)24(32)17-31-10-8-23-22(9-15-34-23)25(31)19-2-1-3-21(28)16-19/h1-7,9,15-16,25H,8,10-14,17H2/t25-/m0/s1. The van der Waals surface area contributed by atoms with Crippen LogP contribution in [0.25, 0.3) is 0 Å². The van der Waals surface area contributed by atoms with E-state index in [9.17, 15) is 14.0 Å².